The molecule has 0 aliphatic carbocycles. The van der Waals surface area contributed by atoms with Crippen LogP contribution in [0.3, 0.4) is 0 Å². The zero-order chi connectivity index (χ0) is 18.1. The molecule has 0 unspecified atom stereocenters. The summed E-state index contributed by atoms with van der Waals surface area (Å²) < 4.78 is 30.0. The molecule has 4 nitrogen and oxygen atoms in total. The number of methoxy groups -OCH3 is 2. The molecule has 0 bridgehead atoms. The SMILES string of the molecule is C=CCOc1c(OC)cc(CCNCc2ccccc2F)cc1OC. The lowest BCUT2D eigenvalue weighted by Crippen LogP contribution is -2.17. The second-order valence-corrected chi connectivity index (χ2v) is 5.45. The first-order valence-electron chi connectivity index (χ1n) is 8.12. The average molecular weight is 345 g/mol. The molecule has 0 aromatic heterocycles. The smallest absolute Gasteiger partial charge is 0.203 e. The van der Waals surface area contributed by atoms with Crippen LogP contribution in [0.2, 0.25) is 0 Å². The van der Waals surface area contributed by atoms with Crippen molar-refractivity contribution in [3.8, 4) is 17.2 Å². The molecule has 0 aliphatic rings. The summed E-state index contributed by atoms with van der Waals surface area (Å²) in [6.45, 7) is 5.20. The van der Waals surface area contributed by atoms with Gasteiger partial charge in [0.05, 0.1) is 14.2 Å². The van der Waals surface area contributed by atoms with Gasteiger partial charge in [0.25, 0.3) is 0 Å². The maximum Gasteiger partial charge on any atom is 0.203 e. The largest absolute Gasteiger partial charge is 0.493 e. The molecule has 5 heteroatoms. The Hall–Kier alpha value is -2.53. The number of halogens is 1. The Kier molecular flexibility index (Phi) is 7.29. The van der Waals surface area contributed by atoms with Crippen molar-refractivity contribution in [2.45, 2.75) is 13.0 Å². The van der Waals surface area contributed by atoms with Crippen LogP contribution >= 0.6 is 0 Å². The molecule has 2 aromatic carbocycles. The highest BCUT2D eigenvalue weighted by Crippen LogP contribution is 2.38. The van der Waals surface area contributed by atoms with E-state index in [1.54, 1.807) is 32.4 Å². The lowest BCUT2D eigenvalue weighted by atomic mass is 10.1. The van der Waals surface area contributed by atoms with Crippen molar-refractivity contribution in [2.24, 2.45) is 0 Å². The van der Waals surface area contributed by atoms with Crippen LogP contribution in [0.5, 0.6) is 17.2 Å². The van der Waals surface area contributed by atoms with Crippen LogP contribution in [0.1, 0.15) is 11.1 Å². The molecule has 2 aromatic rings. The van der Waals surface area contributed by atoms with E-state index in [1.165, 1.54) is 6.07 Å². The molecule has 0 radical (unpaired) electrons. The van der Waals surface area contributed by atoms with Crippen LogP contribution in [0.15, 0.2) is 49.1 Å². The van der Waals surface area contributed by atoms with Crippen LogP contribution in [0.25, 0.3) is 0 Å². The van der Waals surface area contributed by atoms with Gasteiger partial charge in [-0.05, 0) is 36.7 Å². The molecule has 2 rings (SSSR count). The van der Waals surface area contributed by atoms with E-state index in [9.17, 15) is 4.39 Å². The van der Waals surface area contributed by atoms with E-state index in [2.05, 4.69) is 11.9 Å². The Morgan fingerprint density at radius 3 is 2.40 bits per heavy atom. The number of rotatable bonds is 10. The van der Waals surface area contributed by atoms with E-state index in [-0.39, 0.29) is 5.82 Å². The minimum Gasteiger partial charge on any atom is -0.493 e. The van der Waals surface area contributed by atoms with Crippen molar-refractivity contribution in [3.05, 3.63) is 66.0 Å². The Bertz CT molecular complexity index is 678. The number of hydrogen-bond donors (Lipinski definition) is 1. The molecule has 0 amide bonds. The highest BCUT2D eigenvalue weighted by Gasteiger charge is 2.13. The van der Waals surface area contributed by atoms with E-state index >= 15 is 0 Å². The third-order valence-electron chi connectivity index (χ3n) is 3.73. The minimum atomic E-state index is -0.193. The third-order valence-corrected chi connectivity index (χ3v) is 3.73. The molecule has 0 saturated heterocycles. The molecule has 0 saturated carbocycles. The molecular weight excluding hydrogens is 321 g/mol. The average Bonchev–Trinajstić information content (AvgIpc) is 2.64. The van der Waals surface area contributed by atoms with Crippen molar-refractivity contribution in [1.29, 1.82) is 0 Å². The van der Waals surface area contributed by atoms with E-state index in [4.69, 9.17) is 14.2 Å². The number of benzene rings is 2. The molecule has 0 aliphatic heterocycles. The summed E-state index contributed by atoms with van der Waals surface area (Å²) in [4.78, 5) is 0. The fourth-order valence-electron chi connectivity index (χ4n) is 2.46. The molecule has 1 N–H and O–H groups in total. The van der Waals surface area contributed by atoms with Gasteiger partial charge in [0, 0.05) is 12.1 Å². The monoisotopic (exact) mass is 345 g/mol. The predicted octanol–water partition coefficient (Wildman–Crippen LogP) is 3.74. The van der Waals surface area contributed by atoms with Gasteiger partial charge in [-0.3, -0.25) is 0 Å². The second kappa shape index (κ2) is 9.69. The summed E-state index contributed by atoms with van der Waals surface area (Å²) in [5.41, 5.74) is 1.70. The van der Waals surface area contributed by atoms with Gasteiger partial charge in [-0.2, -0.15) is 0 Å². The van der Waals surface area contributed by atoms with Crippen molar-refractivity contribution >= 4 is 0 Å². The fourth-order valence-corrected chi connectivity index (χ4v) is 2.46. The van der Waals surface area contributed by atoms with E-state index < -0.39 is 0 Å². The predicted molar refractivity (Wildman–Crippen MR) is 97.0 cm³/mol. The van der Waals surface area contributed by atoms with Gasteiger partial charge >= 0.3 is 0 Å². The molecule has 134 valence electrons. The Morgan fingerprint density at radius 1 is 1.12 bits per heavy atom. The summed E-state index contributed by atoms with van der Waals surface area (Å²) in [6, 6.07) is 10.6. The molecule has 0 fully saturated rings. The summed E-state index contributed by atoms with van der Waals surface area (Å²) in [6.07, 6.45) is 2.42. The Morgan fingerprint density at radius 2 is 1.80 bits per heavy atom. The highest BCUT2D eigenvalue weighted by molar-refractivity contribution is 5.54. The fraction of sp³-hybridized carbons (Fsp3) is 0.300. The third kappa shape index (κ3) is 5.22. The lowest BCUT2D eigenvalue weighted by Gasteiger charge is -2.15. The minimum absolute atomic E-state index is 0.193. The summed E-state index contributed by atoms with van der Waals surface area (Å²) >= 11 is 0. The highest BCUT2D eigenvalue weighted by atomic mass is 19.1. The van der Waals surface area contributed by atoms with Crippen LogP contribution in [-0.2, 0) is 13.0 Å². The Balaban J connectivity index is 1.99. The maximum absolute atomic E-state index is 13.6. The molecule has 0 atom stereocenters. The van der Waals surface area contributed by atoms with Crippen molar-refractivity contribution in [1.82, 2.24) is 5.32 Å². The van der Waals surface area contributed by atoms with Crippen LogP contribution < -0.4 is 19.5 Å². The first-order valence-corrected chi connectivity index (χ1v) is 8.12. The van der Waals surface area contributed by atoms with Gasteiger partial charge in [-0.15, -0.1) is 0 Å². The molecular formula is C20H24FNO3. The normalized spacial score (nSPS) is 10.4. The van der Waals surface area contributed by atoms with Gasteiger partial charge in [0.15, 0.2) is 11.5 Å². The van der Waals surface area contributed by atoms with E-state index in [0.29, 0.717) is 42.5 Å². The standard InChI is InChI=1S/C20H24FNO3/c1-4-11-25-20-18(23-2)12-15(13-19(20)24-3)9-10-22-14-16-7-5-6-8-17(16)21/h4-8,12-13,22H,1,9-11,14H2,2-3H3. The molecule has 0 spiro atoms. The Labute approximate surface area is 148 Å². The van der Waals surface area contributed by atoms with Crippen LogP contribution in [-0.4, -0.2) is 27.4 Å². The quantitative estimate of drug-likeness (QED) is 0.526. The first kappa shape index (κ1) is 18.8. The van der Waals surface area contributed by atoms with Crippen LogP contribution in [0.4, 0.5) is 4.39 Å². The van der Waals surface area contributed by atoms with Crippen molar-refractivity contribution < 1.29 is 18.6 Å². The molecule has 0 heterocycles. The summed E-state index contributed by atoms with van der Waals surface area (Å²) in [7, 11) is 3.19. The zero-order valence-corrected chi connectivity index (χ0v) is 14.7. The van der Waals surface area contributed by atoms with Crippen molar-refractivity contribution in [2.75, 3.05) is 27.4 Å². The molecule has 25 heavy (non-hydrogen) atoms. The van der Waals surface area contributed by atoms with Gasteiger partial charge in [0.1, 0.15) is 12.4 Å². The van der Waals surface area contributed by atoms with E-state index in [1.807, 2.05) is 18.2 Å². The summed E-state index contributed by atoms with van der Waals surface area (Å²) in [5, 5.41) is 3.25. The maximum atomic E-state index is 13.6. The number of nitrogens with one attached hydrogen (secondary N) is 1. The van der Waals surface area contributed by atoms with Gasteiger partial charge in [-0.25, -0.2) is 4.39 Å². The number of hydrogen-bond acceptors (Lipinski definition) is 4. The van der Waals surface area contributed by atoms with E-state index in [0.717, 1.165) is 12.0 Å². The van der Waals surface area contributed by atoms with Crippen LogP contribution in [0, 0.1) is 5.82 Å². The van der Waals surface area contributed by atoms with Gasteiger partial charge in [0.2, 0.25) is 5.75 Å². The lowest BCUT2D eigenvalue weighted by molar-refractivity contribution is 0.300. The number of ether oxygens (including phenoxy) is 3. The van der Waals surface area contributed by atoms with Crippen molar-refractivity contribution in [3.63, 3.8) is 0 Å². The topological polar surface area (TPSA) is 39.7 Å². The van der Waals surface area contributed by atoms with Gasteiger partial charge in [-0.1, -0.05) is 30.9 Å². The first-order chi connectivity index (χ1) is 12.2. The zero-order valence-electron chi connectivity index (χ0n) is 14.7. The van der Waals surface area contributed by atoms with Gasteiger partial charge < -0.3 is 19.5 Å². The second-order valence-electron chi connectivity index (χ2n) is 5.45. The summed E-state index contributed by atoms with van der Waals surface area (Å²) in [5.74, 6) is 1.60.